The number of nitrogens with zero attached hydrogens (tertiary/aromatic N) is 5. The minimum atomic E-state index is -0.0581. The third kappa shape index (κ3) is 4.67. The predicted octanol–water partition coefficient (Wildman–Crippen LogP) is 1.36. The van der Waals surface area contributed by atoms with E-state index in [1.165, 1.54) is 5.56 Å². The van der Waals surface area contributed by atoms with Crippen LogP contribution in [0.15, 0.2) is 29.3 Å². The van der Waals surface area contributed by atoms with E-state index in [4.69, 9.17) is 27.4 Å². The van der Waals surface area contributed by atoms with Gasteiger partial charge in [-0.3, -0.25) is 9.89 Å². The van der Waals surface area contributed by atoms with Crippen LogP contribution < -0.4 is 16.0 Å². The van der Waals surface area contributed by atoms with Gasteiger partial charge in [0.2, 0.25) is 0 Å². The van der Waals surface area contributed by atoms with E-state index in [0.717, 1.165) is 25.4 Å². The van der Waals surface area contributed by atoms with Crippen molar-refractivity contribution in [2.24, 2.45) is 19.1 Å². The first-order valence-corrected chi connectivity index (χ1v) is 9.78. The van der Waals surface area contributed by atoms with Crippen molar-refractivity contribution in [1.82, 2.24) is 14.0 Å². The van der Waals surface area contributed by atoms with E-state index < -0.39 is 0 Å². The van der Waals surface area contributed by atoms with Gasteiger partial charge in [0.05, 0.1) is 26.4 Å². The highest BCUT2D eigenvalue weighted by atomic mass is 32.1. The first kappa shape index (κ1) is 21.0. The smallest absolute Gasteiger partial charge is 0.182 e. The summed E-state index contributed by atoms with van der Waals surface area (Å²) in [5.74, 6) is 1.17. The number of nitrogen functional groups attached to an aromatic ring is 1. The van der Waals surface area contributed by atoms with Gasteiger partial charge in [0.1, 0.15) is 23.2 Å². The van der Waals surface area contributed by atoms with Crippen LogP contribution in [0.25, 0.3) is 0 Å². The van der Waals surface area contributed by atoms with E-state index >= 15 is 0 Å². The molecule has 1 saturated heterocycles. The van der Waals surface area contributed by atoms with Crippen LogP contribution in [0.4, 0.5) is 5.82 Å². The molecular weight excluding hydrogens is 388 g/mol. The fourth-order valence-electron chi connectivity index (χ4n) is 3.37. The molecule has 9 heteroatoms. The monoisotopic (exact) mass is 414 g/mol. The zero-order valence-electron chi connectivity index (χ0n) is 17.0. The molecule has 1 unspecified atom stereocenters. The van der Waals surface area contributed by atoms with Gasteiger partial charge >= 0.3 is 0 Å². The zero-order chi connectivity index (χ0) is 21.0. The second kappa shape index (κ2) is 9.22. The summed E-state index contributed by atoms with van der Waals surface area (Å²) in [5.41, 5.74) is 8.09. The average molecular weight is 415 g/mol. The molecule has 0 amide bonds. The number of methoxy groups -OCH3 is 1. The molecule has 0 saturated carbocycles. The molecule has 1 aromatic heterocycles. The molecule has 29 heavy (non-hydrogen) atoms. The van der Waals surface area contributed by atoms with Gasteiger partial charge in [-0.15, -0.1) is 0 Å². The SMILES string of the molecule is COc1ccc(CN2CCOC(CN=c3c(C#N)c(N)n(C)c(=S)n3C)C2)cc1. The predicted molar refractivity (Wildman–Crippen MR) is 113 cm³/mol. The zero-order valence-corrected chi connectivity index (χ0v) is 17.8. The molecule has 0 bridgehead atoms. The average Bonchev–Trinajstić information content (AvgIpc) is 2.74. The van der Waals surface area contributed by atoms with Gasteiger partial charge in [0.25, 0.3) is 0 Å². The lowest BCUT2D eigenvalue weighted by atomic mass is 10.2. The molecule has 2 heterocycles. The Morgan fingerprint density at radius 2 is 2.03 bits per heavy atom. The lowest BCUT2D eigenvalue weighted by Gasteiger charge is -2.32. The van der Waals surface area contributed by atoms with Crippen LogP contribution in [-0.2, 0) is 25.4 Å². The molecule has 1 atom stereocenters. The highest BCUT2D eigenvalue weighted by Gasteiger charge is 2.20. The molecule has 1 aliphatic heterocycles. The van der Waals surface area contributed by atoms with Gasteiger partial charge in [0, 0.05) is 33.7 Å². The summed E-state index contributed by atoms with van der Waals surface area (Å²) in [7, 11) is 5.20. The summed E-state index contributed by atoms with van der Waals surface area (Å²) in [6.45, 7) is 3.54. The van der Waals surface area contributed by atoms with Crippen molar-refractivity contribution < 1.29 is 9.47 Å². The molecule has 0 spiro atoms. The maximum absolute atomic E-state index is 9.52. The Hall–Kier alpha value is -2.67. The van der Waals surface area contributed by atoms with Gasteiger partial charge in [-0.1, -0.05) is 12.1 Å². The Balaban J connectivity index is 1.74. The topological polar surface area (TPSA) is 93.7 Å². The summed E-state index contributed by atoms with van der Waals surface area (Å²) < 4.78 is 14.9. The molecule has 2 aromatic rings. The van der Waals surface area contributed by atoms with Crippen molar-refractivity contribution in [1.29, 1.82) is 5.26 Å². The van der Waals surface area contributed by atoms with Gasteiger partial charge in [0.15, 0.2) is 10.3 Å². The number of nitriles is 1. The highest BCUT2D eigenvalue weighted by molar-refractivity contribution is 7.71. The van der Waals surface area contributed by atoms with E-state index in [2.05, 4.69) is 28.1 Å². The minimum absolute atomic E-state index is 0.0581. The third-order valence-corrected chi connectivity index (χ3v) is 5.63. The molecule has 154 valence electrons. The van der Waals surface area contributed by atoms with E-state index in [1.54, 1.807) is 30.3 Å². The Morgan fingerprint density at radius 3 is 2.69 bits per heavy atom. The summed E-state index contributed by atoms with van der Waals surface area (Å²) in [5, 5.41) is 9.52. The maximum Gasteiger partial charge on any atom is 0.182 e. The van der Waals surface area contributed by atoms with Crippen molar-refractivity contribution in [3.8, 4) is 11.8 Å². The highest BCUT2D eigenvalue weighted by Crippen LogP contribution is 2.15. The van der Waals surface area contributed by atoms with Gasteiger partial charge < -0.3 is 24.3 Å². The van der Waals surface area contributed by atoms with Crippen LogP contribution in [0, 0.1) is 16.1 Å². The van der Waals surface area contributed by atoms with E-state index in [9.17, 15) is 5.26 Å². The van der Waals surface area contributed by atoms with Crippen molar-refractivity contribution in [2.75, 3.05) is 39.1 Å². The van der Waals surface area contributed by atoms with Crippen molar-refractivity contribution in [2.45, 2.75) is 12.6 Å². The fourth-order valence-corrected chi connectivity index (χ4v) is 3.56. The van der Waals surface area contributed by atoms with Crippen LogP contribution in [0.2, 0.25) is 0 Å². The Kier molecular flexibility index (Phi) is 6.69. The number of benzene rings is 1. The molecule has 2 N–H and O–H groups in total. The van der Waals surface area contributed by atoms with Gasteiger partial charge in [-0.25, -0.2) is 0 Å². The van der Waals surface area contributed by atoms with Crippen LogP contribution in [0.5, 0.6) is 5.75 Å². The summed E-state index contributed by atoms with van der Waals surface area (Å²) >= 11 is 5.39. The second-order valence-corrected chi connectivity index (χ2v) is 7.38. The third-order valence-electron chi connectivity index (χ3n) is 5.08. The number of anilines is 1. The summed E-state index contributed by atoms with van der Waals surface area (Å²) in [4.78, 5) is 6.98. The maximum atomic E-state index is 9.52. The summed E-state index contributed by atoms with van der Waals surface area (Å²) in [6, 6.07) is 10.2. The molecule has 0 radical (unpaired) electrons. The van der Waals surface area contributed by atoms with Gasteiger partial charge in [-0.05, 0) is 29.9 Å². The normalized spacial score (nSPS) is 17.9. The Labute approximate surface area is 175 Å². The van der Waals surface area contributed by atoms with E-state index in [1.807, 2.05) is 12.1 Å². The lowest BCUT2D eigenvalue weighted by Crippen LogP contribution is -2.43. The van der Waals surface area contributed by atoms with Crippen LogP contribution in [-0.4, -0.2) is 53.5 Å². The quantitative estimate of drug-likeness (QED) is 0.743. The first-order chi connectivity index (χ1) is 13.9. The summed E-state index contributed by atoms with van der Waals surface area (Å²) in [6.07, 6.45) is -0.0581. The van der Waals surface area contributed by atoms with Crippen molar-refractivity contribution in [3.05, 3.63) is 45.7 Å². The van der Waals surface area contributed by atoms with Crippen LogP contribution >= 0.6 is 12.2 Å². The van der Waals surface area contributed by atoms with Crippen molar-refractivity contribution in [3.63, 3.8) is 0 Å². The number of nitrogens with two attached hydrogens (primary N) is 1. The van der Waals surface area contributed by atoms with Crippen LogP contribution in [0.1, 0.15) is 11.1 Å². The number of hydrogen-bond acceptors (Lipinski definition) is 7. The van der Waals surface area contributed by atoms with Crippen LogP contribution in [0.3, 0.4) is 0 Å². The standard InChI is InChI=1S/C20H26N6O2S/c1-24-18(22)17(10-21)19(25(2)20(24)29)23-11-16-13-26(8-9-28-16)12-14-4-6-15(27-3)7-5-14/h4-7,16H,8-9,11-13,22H2,1-3H3. The molecule has 1 aliphatic rings. The lowest BCUT2D eigenvalue weighted by molar-refractivity contribution is -0.0262. The number of hydrogen-bond donors (Lipinski definition) is 1. The number of morpholine rings is 1. The van der Waals surface area contributed by atoms with E-state index in [-0.39, 0.29) is 6.10 Å². The second-order valence-electron chi connectivity index (χ2n) is 7.01. The number of rotatable bonds is 5. The first-order valence-electron chi connectivity index (χ1n) is 9.37. The largest absolute Gasteiger partial charge is 0.497 e. The Morgan fingerprint density at radius 1 is 1.31 bits per heavy atom. The number of aromatic nitrogens is 2. The fraction of sp³-hybridized carbons (Fsp3) is 0.450. The molecule has 1 aromatic carbocycles. The molecule has 1 fully saturated rings. The minimum Gasteiger partial charge on any atom is -0.497 e. The molecular formula is C20H26N6O2S. The van der Waals surface area contributed by atoms with Gasteiger partial charge in [-0.2, -0.15) is 5.26 Å². The van der Waals surface area contributed by atoms with Crippen molar-refractivity contribution >= 4 is 18.0 Å². The van der Waals surface area contributed by atoms with E-state index in [0.29, 0.717) is 34.8 Å². The molecule has 0 aliphatic carbocycles. The Bertz CT molecular complexity index is 1040. The molecule has 8 nitrogen and oxygen atoms in total. The number of ether oxygens (including phenoxy) is 2. The molecule has 3 rings (SSSR count).